The molecule has 0 aliphatic carbocycles. The summed E-state index contributed by atoms with van der Waals surface area (Å²) in [4.78, 5) is 0. The number of hydrogen-bond acceptors (Lipinski definition) is 0. The lowest BCUT2D eigenvalue weighted by Gasteiger charge is -2.10. The molecular formula is C12H20O. The van der Waals surface area contributed by atoms with Crippen molar-refractivity contribution >= 4 is 0 Å². The quantitative estimate of drug-likeness (QED) is 0.684. The smallest absolute Gasteiger partial charge is 0.0302 e. The summed E-state index contributed by atoms with van der Waals surface area (Å²) < 4.78 is 0. The van der Waals surface area contributed by atoms with Crippen LogP contribution in [0.2, 0.25) is 0 Å². The van der Waals surface area contributed by atoms with Gasteiger partial charge in [0.15, 0.2) is 0 Å². The van der Waals surface area contributed by atoms with E-state index in [1.165, 1.54) is 17.5 Å². The highest BCUT2D eigenvalue weighted by molar-refractivity contribution is 5.35. The van der Waals surface area contributed by atoms with Gasteiger partial charge in [-0.25, -0.2) is 0 Å². The molecule has 2 N–H and O–H groups in total. The van der Waals surface area contributed by atoms with Gasteiger partial charge in [0.05, 0.1) is 0 Å². The van der Waals surface area contributed by atoms with E-state index in [0.717, 1.165) is 12.8 Å². The van der Waals surface area contributed by atoms with Crippen LogP contribution < -0.4 is 0 Å². The van der Waals surface area contributed by atoms with Crippen LogP contribution in [0, 0.1) is 0 Å². The van der Waals surface area contributed by atoms with Crippen LogP contribution in [0.4, 0.5) is 0 Å². The summed E-state index contributed by atoms with van der Waals surface area (Å²) in [5.41, 5.74) is 4.62. The van der Waals surface area contributed by atoms with Gasteiger partial charge in [-0.2, -0.15) is 0 Å². The van der Waals surface area contributed by atoms with Crippen LogP contribution in [-0.2, 0) is 19.3 Å². The minimum absolute atomic E-state index is 0. The molecule has 0 saturated heterocycles. The maximum Gasteiger partial charge on any atom is -0.0302 e. The van der Waals surface area contributed by atoms with Crippen LogP contribution >= 0.6 is 0 Å². The molecule has 1 aromatic rings. The first-order valence-electron chi connectivity index (χ1n) is 4.93. The van der Waals surface area contributed by atoms with Gasteiger partial charge in [-0.05, 0) is 36.0 Å². The first-order valence-corrected chi connectivity index (χ1v) is 4.93. The van der Waals surface area contributed by atoms with Crippen LogP contribution in [-0.4, -0.2) is 5.48 Å². The predicted molar refractivity (Wildman–Crippen MR) is 58.2 cm³/mol. The van der Waals surface area contributed by atoms with Gasteiger partial charge >= 0.3 is 0 Å². The monoisotopic (exact) mass is 180 g/mol. The first kappa shape index (κ1) is 12.2. The SMILES string of the molecule is CCc1cccc(CC)c1CC.O. The van der Waals surface area contributed by atoms with Crippen molar-refractivity contribution in [3.8, 4) is 0 Å². The zero-order valence-electron chi connectivity index (χ0n) is 8.85. The number of rotatable bonds is 3. The molecule has 0 spiro atoms. The number of hydrogen-bond donors (Lipinski definition) is 0. The fourth-order valence-corrected chi connectivity index (χ4v) is 1.80. The van der Waals surface area contributed by atoms with E-state index in [1.807, 2.05) is 0 Å². The van der Waals surface area contributed by atoms with Gasteiger partial charge in [-0.1, -0.05) is 39.0 Å². The van der Waals surface area contributed by atoms with Crippen LogP contribution in [0.5, 0.6) is 0 Å². The molecule has 0 atom stereocenters. The van der Waals surface area contributed by atoms with E-state index in [9.17, 15) is 0 Å². The zero-order valence-corrected chi connectivity index (χ0v) is 8.85. The Kier molecular flexibility index (Phi) is 5.40. The summed E-state index contributed by atoms with van der Waals surface area (Å²) in [5.74, 6) is 0. The molecule has 1 heteroatoms. The van der Waals surface area contributed by atoms with Crippen LogP contribution in [0.15, 0.2) is 18.2 Å². The van der Waals surface area contributed by atoms with Gasteiger partial charge in [-0.3, -0.25) is 0 Å². The minimum Gasteiger partial charge on any atom is -0.412 e. The van der Waals surface area contributed by atoms with Gasteiger partial charge in [0.1, 0.15) is 0 Å². The summed E-state index contributed by atoms with van der Waals surface area (Å²) in [6.45, 7) is 6.70. The van der Waals surface area contributed by atoms with Gasteiger partial charge in [0.25, 0.3) is 0 Å². The average Bonchev–Trinajstić information content (AvgIpc) is 2.16. The fourth-order valence-electron chi connectivity index (χ4n) is 1.80. The second-order valence-electron chi connectivity index (χ2n) is 3.12. The first-order chi connectivity index (χ1) is 5.83. The lowest BCUT2D eigenvalue weighted by molar-refractivity contribution is 0.824. The molecule has 0 heterocycles. The minimum atomic E-state index is 0. The molecule has 0 aliphatic rings. The summed E-state index contributed by atoms with van der Waals surface area (Å²) in [5, 5.41) is 0. The highest BCUT2D eigenvalue weighted by Crippen LogP contribution is 2.16. The van der Waals surface area contributed by atoms with Gasteiger partial charge in [-0.15, -0.1) is 0 Å². The Morgan fingerprint density at radius 2 is 1.31 bits per heavy atom. The van der Waals surface area contributed by atoms with Crippen LogP contribution in [0.3, 0.4) is 0 Å². The maximum absolute atomic E-state index is 2.25. The molecule has 1 aromatic carbocycles. The van der Waals surface area contributed by atoms with E-state index >= 15 is 0 Å². The standard InChI is InChI=1S/C12H18.H2O/c1-4-10-8-7-9-11(5-2)12(10)6-3;/h7-9H,4-6H2,1-3H3;1H2. The molecule has 1 rings (SSSR count). The van der Waals surface area contributed by atoms with E-state index in [-0.39, 0.29) is 5.48 Å². The number of benzene rings is 1. The van der Waals surface area contributed by atoms with Crippen molar-refractivity contribution in [1.29, 1.82) is 0 Å². The third kappa shape index (κ3) is 2.56. The van der Waals surface area contributed by atoms with Gasteiger partial charge in [0, 0.05) is 0 Å². The molecular weight excluding hydrogens is 160 g/mol. The third-order valence-electron chi connectivity index (χ3n) is 2.49. The average molecular weight is 180 g/mol. The van der Waals surface area contributed by atoms with Crippen molar-refractivity contribution in [3.63, 3.8) is 0 Å². The van der Waals surface area contributed by atoms with Crippen molar-refractivity contribution in [2.45, 2.75) is 40.0 Å². The Morgan fingerprint density at radius 3 is 1.62 bits per heavy atom. The summed E-state index contributed by atoms with van der Waals surface area (Å²) in [6, 6.07) is 6.67. The van der Waals surface area contributed by atoms with Crippen LogP contribution in [0.25, 0.3) is 0 Å². The van der Waals surface area contributed by atoms with Crippen LogP contribution in [0.1, 0.15) is 37.5 Å². The van der Waals surface area contributed by atoms with Crippen molar-refractivity contribution in [3.05, 3.63) is 34.9 Å². The Bertz CT molecular complexity index is 231. The molecule has 0 aromatic heterocycles. The largest absolute Gasteiger partial charge is 0.412 e. The molecule has 0 fully saturated rings. The van der Waals surface area contributed by atoms with Crippen molar-refractivity contribution < 1.29 is 5.48 Å². The highest BCUT2D eigenvalue weighted by Gasteiger charge is 2.02. The van der Waals surface area contributed by atoms with E-state index < -0.39 is 0 Å². The molecule has 1 nitrogen and oxygen atoms in total. The normalized spacial score (nSPS) is 9.46. The molecule has 0 bridgehead atoms. The highest BCUT2D eigenvalue weighted by atomic mass is 16.0. The van der Waals surface area contributed by atoms with Crippen molar-refractivity contribution in [2.24, 2.45) is 0 Å². The van der Waals surface area contributed by atoms with E-state index in [4.69, 9.17) is 0 Å². The van der Waals surface area contributed by atoms with Crippen molar-refractivity contribution in [2.75, 3.05) is 0 Å². The fraction of sp³-hybridized carbons (Fsp3) is 0.500. The molecule has 0 amide bonds. The Labute approximate surface area is 81.1 Å². The second kappa shape index (κ2) is 5.76. The summed E-state index contributed by atoms with van der Waals surface area (Å²) >= 11 is 0. The predicted octanol–water partition coefficient (Wildman–Crippen LogP) is 2.55. The molecule has 0 saturated carbocycles. The molecule has 0 radical (unpaired) electrons. The lowest BCUT2D eigenvalue weighted by atomic mass is 9.96. The summed E-state index contributed by atoms with van der Waals surface area (Å²) in [6.07, 6.45) is 3.50. The molecule has 0 aliphatic heterocycles. The Hall–Kier alpha value is -0.820. The topological polar surface area (TPSA) is 31.5 Å². The van der Waals surface area contributed by atoms with Gasteiger partial charge in [0.2, 0.25) is 0 Å². The zero-order chi connectivity index (χ0) is 8.97. The second-order valence-corrected chi connectivity index (χ2v) is 3.12. The lowest BCUT2D eigenvalue weighted by Crippen LogP contribution is -1.96. The summed E-state index contributed by atoms with van der Waals surface area (Å²) in [7, 11) is 0. The van der Waals surface area contributed by atoms with Crippen molar-refractivity contribution in [1.82, 2.24) is 0 Å². The van der Waals surface area contributed by atoms with E-state index in [2.05, 4.69) is 39.0 Å². The Morgan fingerprint density at radius 1 is 0.846 bits per heavy atom. The molecule has 74 valence electrons. The molecule has 13 heavy (non-hydrogen) atoms. The molecule has 0 unspecified atom stereocenters. The van der Waals surface area contributed by atoms with E-state index in [0.29, 0.717) is 0 Å². The Balaban J connectivity index is 0.00000144. The van der Waals surface area contributed by atoms with Gasteiger partial charge < -0.3 is 5.48 Å². The third-order valence-corrected chi connectivity index (χ3v) is 2.49. The van der Waals surface area contributed by atoms with E-state index in [1.54, 1.807) is 5.56 Å². The number of aryl methyl sites for hydroxylation is 2. The maximum atomic E-state index is 2.25.